The Hall–Kier alpha value is -9.50. The highest BCUT2D eigenvalue weighted by molar-refractivity contribution is 5.97. The molecule has 0 saturated carbocycles. The molecule has 2 nitrogen and oxygen atoms in total. The molecule has 0 aliphatic heterocycles. The van der Waals surface area contributed by atoms with Crippen molar-refractivity contribution in [3.63, 3.8) is 0 Å². The predicted molar refractivity (Wildman–Crippen MR) is 325 cm³/mol. The number of hydrogen-bond donors (Lipinski definition) is 0. The van der Waals surface area contributed by atoms with E-state index in [-0.39, 0.29) is 5.41 Å². The highest BCUT2D eigenvalue weighted by atomic mass is 15.1. The van der Waals surface area contributed by atoms with E-state index in [0.717, 1.165) is 45.3 Å². The van der Waals surface area contributed by atoms with Crippen LogP contribution in [0.1, 0.15) is 43.0 Å². The van der Waals surface area contributed by atoms with Crippen molar-refractivity contribution in [2.24, 2.45) is 0 Å². The fraction of sp³-hybridized carbons (Fsp3) is 0.0541. The largest absolute Gasteiger partial charge is 0.310 e. The minimum atomic E-state index is -0.373. The smallest absolute Gasteiger partial charge is 0.0725 e. The second kappa shape index (κ2) is 21.9. The van der Waals surface area contributed by atoms with E-state index in [0.29, 0.717) is 0 Å². The highest BCUT2D eigenvalue weighted by Crippen LogP contribution is 2.63. The highest BCUT2D eigenvalue weighted by Gasteiger charge is 2.51. The zero-order valence-electron chi connectivity index (χ0n) is 43.4. The standard InChI is InChI=1S/C67H46N2.C5H8.C2H6/c1-5-19-47(20-6-1)51-43-52(48-21-7-2-8-22-48)45-58(44-51)69(54-25-11-4-12-26-54)56-39-35-50(36-40-56)49-33-37-55(38-34-49)68(53-23-9-3-10-24-53)57-41-42-66-62(46-57)61-29-15-18-32-65(61)67(66)63-30-16-13-27-59(63)60-28-14-17-31-64(60)67;1-3-5-4-2;1-2/h1-46H;3-5H,1H2,2H3;1-2H3/b;5-4-;. The molecule has 1 spiro atoms. The van der Waals surface area contributed by atoms with E-state index in [4.69, 9.17) is 0 Å². The first kappa shape index (κ1) is 48.8. The van der Waals surface area contributed by atoms with Gasteiger partial charge in [0, 0.05) is 34.1 Å². The molecule has 0 heterocycles. The van der Waals surface area contributed by atoms with Crippen LogP contribution in [0.4, 0.5) is 34.1 Å². The van der Waals surface area contributed by atoms with E-state index in [1.165, 1.54) is 66.8 Å². The molecule has 11 aromatic carbocycles. The first-order valence-corrected chi connectivity index (χ1v) is 26.5. The van der Waals surface area contributed by atoms with E-state index in [1.54, 1.807) is 6.08 Å². The number of para-hydroxylation sites is 2. The minimum Gasteiger partial charge on any atom is -0.310 e. The molecule has 0 radical (unpaired) electrons. The lowest BCUT2D eigenvalue weighted by Gasteiger charge is -2.31. The Bertz CT molecular complexity index is 3680. The summed E-state index contributed by atoms with van der Waals surface area (Å²) in [6.07, 6.45) is 5.58. The molecule has 2 heteroatoms. The van der Waals surface area contributed by atoms with Gasteiger partial charge < -0.3 is 9.80 Å². The number of hydrogen-bond acceptors (Lipinski definition) is 2. The van der Waals surface area contributed by atoms with Crippen LogP contribution in [0.5, 0.6) is 0 Å². The van der Waals surface area contributed by atoms with Crippen LogP contribution in [0.15, 0.2) is 304 Å². The van der Waals surface area contributed by atoms with Gasteiger partial charge in [-0.05, 0) is 164 Å². The molecule has 2 aliphatic rings. The average Bonchev–Trinajstić information content (AvgIpc) is 3.97. The van der Waals surface area contributed by atoms with Crippen LogP contribution in [0.25, 0.3) is 55.6 Å². The van der Waals surface area contributed by atoms with Gasteiger partial charge in [0.05, 0.1) is 5.41 Å². The molecule has 2 aliphatic carbocycles. The van der Waals surface area contributed by atoms with E-state index < -0.39 is 0 Å². The summed E-state index contributed by atoms with van der Waals surface area (Å²) in [5.74, 6) is 0. The van der Waals surface area contributed by atoms with Gasteiger partial charge in [0.25, 0.3) is 0 Å². The Morgan fingerprint density at radius 2 is 0.618 bits per heavy atom. The molecule has 76 heavy (non-hydrogen) atoms. The molecule has 13 rings (SSSR count). The summed E-state index contributed by atoms with van der Waals surface area (Å²) >= 11 is 0. The van der Waals surface area contributed by atoms with Crippen molar-refractivity contribution in [1.29, 1.82) is 0 Å². The van der Waals surface area contributed by atoms with Gasteiger partial charge >= 0.3 is 0 Å². The summed E-state index contributed by atoms with van der Waals surface area (Å²) in [6, 6.07) is 102. The Kier molecular flexibility index (Phi) is 14.1. The fourth-order valence-electron chi connectivity index (χ4n) is 11.4. The molecule has 0 N–H and O–H groups in total. The van der Waals surface area contributed by atoms with Crippen molar-refractivity contribution in [3.05, 3.63) is 326 Å². The fourth-order valence-corrected chi connectivity index (χ4v) is 11.4. The van der Waals surface area contributed by atoms with Gasteiger partial charge in [0.1, 0.15) is 0 Å². The van der Waals surface area contributed by atoms with Crippen LogP contribution in [0.2, 0.25) is 0 Å². The van der Waals surface area contributed by atoms with Gasteiger partial charge in [0.15, 0.2) is 0 Å². The lowest BCUT2D eigenvalue weighted by Crippen LogP contribution is -2.25. The topological polar surface area (TPSA) is 6.48 Å². The lowest BCUT2D eigenvalue weighted by molar-refractivity contribution is 0.794. The lowest BCUT2D eigenvalue weighted by atomic mass is 9.70. The first-order chi connectivity index (χ1) is 37.6. The first-order valence-electron chi connectivity index (χ1n) is 26.5. The average molecular weight is 977 g/mol. The van der Waals surface area contributed by atoms with Gasteiger partial charge in [-0.15, -0.1) is 0 Å². The maximum atomic E-state index is 3.46. The summed E-state index contributed by atoms with van der Waals surface area (Å²) in [5, 5.41) is 0. The zero-order valence-corrected chi connectivity index (χ0v) is 43.4. The Balaban J connectivity index is 0.000000834. The molecule has 0 amide bonds. The maximum absolute atomic E-state index is 3.46. The van der Waals surface area contributed by atoms with Crippen molar-refractivity contribution in [2.75, 3.05) is 9.80 Å². The van der Waals surface area contributed by atoms with Gasteiger partial charge in [-0.25, -0.2) is 0 Å². The predicted octanol–water partition coefficient (Wildman–Crippen LogP) is 20.7. The van der Waals surface area contributed by atoms with Crippen LogP contribution < -0.4 is 9.80 Å². The van der Waals surface area contributed by atoms with Crippen LogP contribution >= 0.6 is 0 Å². The Morgan fingerprint density at radius 3 is 1.03 bits per heavy atom. The van der Waals surface area contributed by atoms with Crippen molar-refractivity contribution in [3.8, 4) is 55.6 Å². The molecule has 0 fully saturated rings. The third-order valence-corrected chi connectivity index (χ3v) is 14.6. The molecule has 0 saturated heterocycles. The van der Waals surface area contributed by atoms with Gasteiger partial charge in [-0.3, -0.25) is 0 Å². The van der Waals surface area contributed by atoms with Crippen molar-refractivity contribution in [2.45, 2.75) is 26.2 Å². The van der Waals surface area contributed by atoms with Crippen LogP contribution in [0.3, 0.4) is 0 Å². The molecule has 0 aromatic heterocycles. The molecule has 0 bridgehead atoms. The quantitative estimate of drug-likeness (QED) is 0.126. The molecule has 0 atom stereocenters. The number of nitrogens with zero attached hydrogens (tertiary/aromatic N) is 2. The number of benzene rings is 11. The number of fused-ring (bicyclic) bond motifs is 10. The van der Waals surface area contributed by atoms with E-state index in [1.807, 2.05) is 32.9 Å². The summed E-state index contributed by atoms with van der Waals surface area (Å²) in [6.45, 7) is 9.42. The molecule has 11 aromatic rings. The summed E-state index contributed by atoms with van der Waals surface area (Å²) < 4.78 is 0. The minimum absolute atomic E-state index is 0.373. The zero-order chi connectivity index (χ0) is 51.8. The van der Waals surface area contributed by atoms with Crippen LogP contribution in [-0.4, -0.2) is 0 Å². The Labute approximate surface area is 449 Å². The number of allylic oxidation sites excluding steroid dienone is 3. The summed E-state index contributed by atoms with van der Waals surface area (Å²) in [4.78, 5) is 4.76. The van der Waals surface area contributed by atoms with E-state index in [2.05, 4.69) is 295 Å². The maximum Gasteiger partial charge on any atom is 0.0725 e. The molecular formula is C74H60N2. The second-order valence-corrected chi connectivity index (χ2v) is 18.8. The molecule has 0 unspecified atom stereocenters. The van der Waals surface area contributed by atoms with Gasteiger partial charge in [-0.1, -0.05) is 239 Å². The SMILES string of the molecule is C=C/C=C\C.CC.c1ccc(-c2cc(-c3ccccc3)cc(N(c3ccccc3)c3ccc(-c4ccc(N(c5ccccc5)c5ccc6c(c5)-c5ccccc5C65c6ccccc6-c6ccccc65)cc4)cc3)c2)cc1. The van der Waals surface area contributed by atoms with Crippen molar-refractivity contribution in [1.82, 2.24) is 0 Å². The normalized spacial score (nSPS) is 12.0. The van der Waals surface area contributed by atoms with Gasteiger partial charge in [-0.2, -0.15) is 0 Å². The molecular weight excluding hydrogens is 917 g/mol. The third kappa shape index (κ3) is 8.95. The monoisotopic (exact) mass is 976 g/mol. The van der Waals surface area contributed by atoms with Crippen LogP contribution in [-0.2, 0) is 5.41 Å². The Morgan fingerprint density at radius 1 is 0.289 bits per heavy atom. The summed E-state index contributed by atoms with van der Waals surface area (Å²) in [5.41, 5.74) is 23.9. The van der Waals surface area contributed by atoms with E-state index in [9.17, 15) is 0 Å². The summed E-state index contributed by atoms with van der Waals surface area (Å²) in [7, 11) is 0. The van der Waals surface area contributed by atoms with Crippen LogP contribution in [0, 0.1) is 0 Å². The molecule has 366 valence electrons. The van der Waals surface area contributed by atoms with Crippen molar-refractivity contribution < 1.29 is 0 Å². The second-order valence-electron chi connectivity index (χ2n) is 18.8. The van der Waals surface area contributed by atoms with E-state index >= 15 is 0 Å². The number of anilines is 6. The number of rotatable bonds is 10. The van der Waals surface area contributed by atoms with Crippen molar-refractivity contribution >= 4 is 34.1 Å². The van der Waals surface area contributed by atoms with Gasteiger partial charge in [0.2, 0.25) is 0 Å². The third-order valence-electron chi connectivity index (χ3n) is 14.6.